The zero-order valence-corrected chi connectivity index (χ0v) is 23.9. The molecule has 7 aromatic carbocycles. The minimum Gasteiger partial charge on any atom is -0.0807 e. The summed E-state index contributed by atoms with van der Waals surface area (Å²) >= 11 is 0. The van der Waals surface area contributed by atoms with Gasteiger partial charge in [-0.25, -0.2) is 0 Å². The number of rotatable bonds is 4. The highest BCUT2D eigenvalue weighted by Gasteiger charge is 2.25. The minimum atomic E-state index is 0.901. The predicted molar refractivity (Wildman–Crippen MR) is 186 cm³/mol. The van der Waals surface area contributed by atoms with Crippen LogP contribution < -0.4 is 0 Å². The standard InChI is InChI=1S/C43H30/c1-2-7-19-30(18-6-1)38-34-26-14-15-27-35(34)40(32-22-10-4-11-23-32)43-41(33-24-12-5-13-25-33)37-29-17-16-28-36(37)39(42(38)43)31-20-8-3-9-21-31/h1-6,8-29H,7H2. The van der Waals surface area contributed by atoms with Crippen molar-refractivity contribution >= 4 is 37.9 Å². The van der Waals surface area contributed by atoms with Crippen LogP contribution in [0.5, 0.6) is 0 Å². The molecular weight excluding hydrogens is 516 g/mol. The van der Waals surface area contributed by atoms with Crippen LogP contribution in [0.1, 0.15) is 12.0 Å². The van der Waals surface area contributed by atoms with E-state index >= 15 is 0 Å². The molecule has 0 radical (unpaired) electrons. The van der Waals surface area contributed by atoms with Crippen molar-refractivity contribution in [3.63, 3.8) is 0 Å². The molecule has 0 atom stereocenters. The first-order valence-corrected chi connectivity index (χ1v) is 15.0. The molecule has 0 unspecified atom stereocenters. The Morgan fingerprint density at radius 2 is 0.721 bits per heavy atom. The van der Waals surface area contributed by atoms with Gasteiger partial charge in [-0.05, 0) is 83.3 Å². The van der Waals surface area contributed by atoms with Gasteiger partial charge in [0, 0.05) is 0 Å². The second-order valence-corrected chi connectivity index (χ2v) is 11.1. The monoisotopic (exact) mass is 546 g/mol. The van der Waals surface area contributed by atoms with Gasteiger partial charge in [0.2, 0.25) is 0 Å². The summed E-state index contributed by atoms with van der Waals surface area (Å²) in [6.07, 6.45) is 12.2. The lowest BCUT2D eigenvalue weighted by Gasteiger charge is -2.25. The smallest absolute Gasteiger partial charge is 0.000139 e. The van der Waals surface area contributed by atoms with Gasteiger partial charge in [-0.1, -0.05) is 170 Å². The van der Waals surface area contributed by atoms with Crippen molar-refractivity contribution in [2.24, 2.45) is 0 Å². The Kier molecular flexibility index (Phi) is 6.31. The van der Waals surface area contributed by atoms with Crippen molar-refractivity contribution in [2.45, 2.75) is 6.42 Å². The molecule has 0 aliphatic heterocycles. The van der Waals surface area contributed by atoms with E-state index in [0.29, 0.717) is 0 Å². The number of fused-ring (bicyclic) bond motifs is 3. The summed E-state index contributed by atoms with van der Waals surface area (Å²) in [5.74, 6) is 0. The van der Waals surface area contributed by atoms with Crippen LogP contribution in [0.3, 0.4) is 0 Å². The molecule has 0 spiro atoms. The third-order valence-electron chi connectivity index (χ3n) is 8.65. The fourth-order valence-electron chi connectivity index (χ4n) is 6.91. The molecule has 0 nitrogen and oxygen atoms in total. The molecule has 0 fully saturated rings. The second-order valence-electron chi connectivity index (χ2n) is 11.1. The summed E-state index contributed by atoms with van der Waals surface area (Å²) in [4.78, 5) is 0. The fraction of sp³-hybridized carbons (Fsp3) is 0.0233. The maximum atomic E-state index is 2.38. The number of hydrogen-bond acceptors (Lipinski definition) is 0. The van der Waals surface area contributed by atoms with E-state index < -0.39 is 0 Å². The van der Waals surface area contributed by atoms with E-state index in [1.54, 1.807) is 0 Å². The molecule has 0 amide bonds. The third kappa shape index (κ3) is 4.23. The lowest BCUT2D eigenvalue weighted by molar-refractivity contribution is 1.41. The molecule has 1 aliphatic carbocycles. The van der Waals surface area contributed by atoms with E-state index in [1.807, 2.05) is 0 Å². The molecule has 0 N–H and O–H groups in total. The highest BCUT2D eigenvalue weighted by Crippen LogP contribution is 2.52. The first-order valence-electron chi connectivity index (χ1n) is 15.0. The van der Waals surface area contributed by atoms with Crippen molar-refractivity contribution in [1.82, 2.24) is 0 Å². The van der Waals surface area contributed by atoms with Crippen molar-refractivity contribution in [2.75, 3.05) is 0 Å². The van der Waals surface area contributed by atoms with Gasteiger partial charge in [0.1, 0.15) is 0 Å². The molecule has 7 aromatic rings. The summed E-state index contributed by atoms with van der Waals surface area (Å²) < 4.78 is 0. The number of benzene rings is 7. The Labute approximate surface area is 252 Å². The van der Waals surface area contributed by atoms with Crippen LogP contribution in [0.15, 0.2) is 170 Å². The summed E-state index contributed by atoms with van der Waals surface area (Å²) in [5, 5.41) is 7.69. The van der Waals surface area contributed by atoms with Crippen LogP contribution in [0.25, 0.3) is 71.3 Å². The molecule has 8 rings (SSSR count). The molecule has 1 aliphatic rings. The van der Waals surface area contributed by atoms with Gasteiger partial charge in [0.05, 0.1) is 0 Å². The molecule has 0 aromatic heterocycles. The van der Waals surface area contributed by atoms with Crippen LogP contribution in [0.2, 0.25) is 0 Å². The van der Waals surface area contributed by atoms with Crippen LogP contribution in [0, 0.1) is 0 Å². The zero-order valence-electron chi connectivity index (χ0n) is 23.9. The predicted octanol–water partition coefficient (Wildman–Crippen LogP) is 12.0. The summed E-state index contributed by atoms with van der Waals surface area (Å²) in [6.45, 7) is 0. The Hall–Kier alpha value is -5.46. The van der Waals surface area contributed by atoms with Crippen molar-refractivity contribution in [3.05, 3.63) is 175 Å². The normalized spacial score (nSPS) is 13.0. The van der Waals surface area contributed by atoms with Crippen LogP contribution in [0.4, 0.5) is 0 Å². The summed E-state index contributed by atoms with van der Waals surface area (Å²) in [6, 6.07) is 50.9. The third-order valence-corrected chi connectivity index (χ3v) is 8.65. The molecule has 0 heterocycles. The van der Waals surface area contributed by atoms with Crippen molar-refractivity contribution < 1.29 is 0 Å². The highest BCUT2D eigenvalue weighted by atomic mass is 14.3. The number of hydrogen-bond donors (Lipinski definition) is 0. The maximum absolute atomic E-state index is 2.38. The minimum absolute atomic E-state index is 0.901. The quantitative estimate of drug-likeness (QED) is 0.193. The van der Waals surface area contributed by atoms with Crippen LogP contribution >= 0.6 is 0 Å². The lowest BCUT2D eigenvalue weighted by Crippen LogP contribution is -1.99. The topological polar surface area (TPSA) is 0 Å². The second kappa shape index (κ2) is 10.7. The number of allylic oxidation sites excluding steroid dienone is 6. The van der Waals surface area contributed by atoms with Gasteiger partial charge >= 0.3 is 0 Å². The van der Waals surface area contributed by atoms with Gasteiger partial charge in [-0.3, -0.25) is 0 Å². The Balaban J connectivity index is 1.75. The molecule has 43 heavy (non-hydrogen) atoms. The Morgan fingerprint density at radius 3 is 1.16 bits per heavy atom. The molecular formula is C43H30. The molecule has 202 valence electrons. The Bertz CT molecular complexity index is 2170. The first kappa shape index (κ1) is 25.3. The molecule has 0 saturated heterocycles. The van der Waals surface area contributed by atoms with E-state index in [9.17, 15) is 0 Å². The summed E-state index contributed by atoms with van der Waals surface area (Å²) in [5.41, 5.74) is 10.1. The Morgan fingerprint density at radius 1 is 0.349 bits per heavy atom. The van der Waals surface area contributed by atoms with Gasteiger partial charge in [-0.15, -0.1) is 0 Å². The first-order chi connectivity index (χ1) is 21.4. The van der Waals surface area contributed by atoms with Crippen molar-refractivity contribution in [3.8, 4) is 33.4 Å². The van der Waals surface area contributed by atoms with Gasteiger partial charge < -0.3 is 0 Å². The van der Waals surface area contributed by atoms with Gasteiger partial charge in [0.25, 0.3) is 0 Å². The van der Waals surface area contributed by atoms with E-state index in [0.717, 1.165) is 6.42 Å². The average molecular weight is 547 g/mol. The lowest BCUT2D eigenvalue weighted by atomic mass is 9.77. The van der Waals surface area contributed by atoms with Crippen LogP contribution in [-0.2, 0) is 0 Å². The highest BCUT2D eigenvalue weighted by molar-refractivity contribution is 6.32. The SMILES string of the molecule is C1=CCC=C(c2c3ccccc3c(-c3ccccc3)c3c(-c4ccccc4)c4ccccc4c(-c4ccccc4)c23)C=C1. The fourth-order valence-corrected chi connectivity index (χ4v) is 6.91. The van der Waals surface area contributed by atoms with E-state index in [1.165, 1.54) is 76.8 Å². The van der Waals surface area contributed by atoms with Gasteiger partial charge in [-0.2, -0.15) is 0 Å². The molecule has 0 heteroatoms. The van der Waals surface area contributed by atoms with Crippen molar-refractivity contribution in [1.29, 1.82) is 0 Å². The maximum Gasteiger partial charge on any atom is -0.000139 e. The van der Waals surface area contributed by atoms with E-state index in [-0.39, 0.29) is 0 Å². The molecule has 0 bridgehead atoms. The van der Waals surface area contributed by atoms with E-state index in [2.05, 4.69) is 170 Å². The van der Waals surface area contributed by atoms with E-state index in [4.69, 9.17) is 0 Å². The zero-order chi connectivity index (χ0) is 28.6. The van der Waals surface area contributed by atoms with Crippen LogP contribution in [-0.4, -0.2) is 0 Å². The summed E-state index contributed by atoms with van der Waals surface area (Å²) in [7, 11) is 0. The average Bonchev–Trinajstić information content (AvgIpc) is 3.37. The molecule has 0 saturated carbocycles. The van der Waals surface area contributed by atoms with Gasteiger partial charge in [0.15, 0.2) is 0 Å². The largest absolute Gasteiger partial charge is 0.0807 e.